The number of ether oxygens (including phenoxy) is 1. The molecule has 136 valence electrons. The van der Waals surface area contributed by atoms with Crippen LogP contribution in [0, 0.1) is 13.8 Å². The number of carbonyl (C=O) groups is 2. The fourth-order valence-electron chi connectivity index (χ4n) is 3.23. The summed E-state index contributed by atoms with van der Waals surface area (Å²) >= 11 is 1.38. The lowest BCUT2D eigenvalue weighted by molar-refractivity contribution is 0.0528. The number of hydrogen-bond acceptors (Lipinski definition) is 4. The number of nitrogens with zero attached hydrogens (tertiary/aromatic N) is 1. The van der Waals surface area contributed by atoms with Crippen molar-refractivity contribution >= 4 is 39.1 Å². The van der Waals surface area contributed by atoms with E-state index in [4.69, 9.17) is 4.74 Å². The number of fused-ring (bicyclic) bond motifs is 1. The first-order valence-electron chi connectivity index (χ1n) is 8.64. The van der Waals surface area contributed by atoms with Crippen LogP contribution in [-0.2, 0) is 11.3 Å². The Morgan fingerprint density at radius 1 is 1.19 bits per heavy atom. The molecule has 0 bridgehead atoms. The number of nitrogens with one attached hydrogen (secondary N) is 1. The van der Waals surface area contributed by atoms with Gasteiger partial charge in [-0.2, -0.15) is 0 Å². The number of esters is 1. The summed E-state index contributed by atoms with van der Waals surface area (Å²) in [4.78, 5) is 26.1. The van der Waals surface area contributed by atoms with E-state index in [-0.39, 0.29) is 5.91 Å². The largest absolute Gasteiger partial charge is 0.462 e. The molecule has 2 aromatic heterocycles. The molecule has 1 amide bonds. The highest BCUT2D eigenvalue weighted by molar-refractivity contribution is 7.16. The third-order valence-corrected chi connectivity index (χ3v) is 5.30. The van der Waals surface area contributed by atoms with Crippen molar-refractivity contribution in [3.63, 3.8) is 0 Å². The third-order valence-electron chi connectivity index (χ3n) is 4.33. The molecule has 0 spiro atoms. The van der Waals surface area contributed by atoms with E-state index in [0.29, 0.717) is 29.4 Å². The minimum absolute atomic E-state index is 0.215. The van der Waals surface area contributed by atoms with Gasteiger partial charge in [-0.15, -0.1) is 11.3 Å². The van der Waals surface area contributed by atoms with E-state index < -0.39 is 5.97 Å². The molecule has 0 radical (unpaired) electrons. The lowest BCUT2D eigenvalue weighted by Crippen LogP contribution is -2.19. The number of anilines is 1. The molecule has 0 atom stereocenters. The van der Waals surface area contributed by atoms with E-state index in [1.165, 1.54) is 11.3 Å². The van der Waals surface area contributed by atoms with Crippen LogP contribution in [0.15, 0.2) is 30.3 Å². The average molecular weight is 370 g/mol. The number of carbonyl (C=O) groups excluding carboxylic acids is 2. The number of aromatic nitrogens is 1. The second-order valence-corrected chi connectivity index (χ2v) is 7.27. The van der Waals surface area contributed by atoms with Gasteiger partial charge in [0.15, 0.2) is 0 Å². The van der Waals surface area contributed by atoms with Crippen molar-refractivity contribution in [2.24, 2.45) is 0 Å². The Bertz CT molecular complexity index is 985. The number of aryl methyl sites for hydroxylation is 3. The van der Waals surface area contributed by atoms with Gasteiger partial charge in [0.25, 0.3) is 5.91 Å². The Balaban J connectivity index is 2.01. The molecule has 0 saturated carbocycles. The first-order valence-corrected chi connectivity index (χ1v) is 9.46. The van der Waals surface area contributed by atoms with Crippen molar-refractivity contribution < 1.29 is 14.3 Å². The first kappa shape index (κ1) is 18.2. The van der Waals surface area contributed by atoms with E-state index in [1.807, 2.05) is 49.6 Å². The molecule has 2 heterocycles. The standard InChI is InChI=1S/C20H22N2O3S/c1-5-22-16-10-8-7-9-14(16)13(4)17(22)18(23)21-19-15(11-12(3)26-19)20(24)25-6-2/h7-11H,5-6H2,1-4H3,(H,21,23). The normalized spacial score (nSPS) is 10.9. The zero-order valence-electron chi connectivity index (χ0n) is 15.4. The smallest absolute Gasteiger partial charge is 0.341 e. The molecule has 1 aromatic carbocycles. The maximum absolute atomic E-state index is 13.0. The number of benzene rings is 1. The fraction of sp³-hybridized carbons (Fsp3) is 0.300. The molecule has 0 aliphatic heterocycles. The third kappa shape index (κ3) is 3.12. The van der Waals surface area contributed by atoms with Crippen LogP contribution in [0.5, 0.6) is 0 Å². The molecule has 5 nitrogen and oxygen atoms in total. The summed E-state index contributed by atoms with van der Waals surface area (Å²) in [5, 5.41) is 4.51. The number of hydrogen-bond donors (Lipinski definition) is 1. The van der Waals surface area contributed by atoms with Crippen molar-refractivity contribution in [1.29, 1.82) is 0 Å². The van der Waals surface area contributed by atoms with Gasteiger partial charge >= 0.3 is 5.97 Å². The molecular weight excluding hydrogens is 348 g/mol. The summed E-state index contributed by atoms with van der Waals surface area (Å²) in [5.74, 6) is -0.632. The van der Waals surface area contributed by atoms with Gasteiger partial charge in [-0.05, 0) is 45.4 Å². The zero-order chi connectivity index (χ0) is 18.8. The molecule has 0 fully saturated rings. The summed E-state index contributed by atoms with van der Waals surface area (Å²) in [6.45, 7) is 8.61. The Morgan fingerprint density at radius 2 is 1.92 bits per heavy atom. The van der Waals surface area contributed by atoms with Crippen molar-refractivity contribution in [1.82, 2.24) is 4.57 Å². The predicted molar refractivity (Wildman–Crippen MR) is 105 cm³/mol. The number of rotatable bonds is 5. The molecule has 26 heavy (non-hydrogen) atoms. The highest BCUT2D eigenvalue weighted by Crippen LogP contribution is 2.31. The van der Waals surface area contributed by atoms with E-state index in [9.17, 15) is 9.59 Å². The molecule has 3 rings (SSSR count). The van der Waals surface area contributed by atoms with Crippen LogP contribution in [0.2, 0.25) is 0 Å². The molecule has 1 N–H and O–H groups in total. The first-order chi connectivity index (χ1) is 12.5. The van der Waals surface area contributed by atoms with E-state index in [0.717, 1.165) is 21.3 Å². The molecule has 0 unspecified atom stereocenters. The highest BCUT2D eigenvalue weighted by atomic mass is 32.1. The van der Waals surface area contributed by atoms with Gasteiger partial charge < -0.3 is 14.6 Å². The van der Waals surface area contributed by atoms with Gasteiger partial charge in [0.05, 0.1) is 12.2 Å². The van der Waals surface area contributed by atoms with E-state index >= 15 is 0 Å². The summed E-state index contributed by atoms with van der Waals surface area (Å²) in [6.07, 6.45) is 0. The van der Waals surface area contributed by atoms with Gasteiger partial charge in [-0.25, -0.2) is 4.79 Å². The quantitative estimate of drug-likeness (QED) is 0.658. The SMILES string of the molecule is CCOC(=O)c1cc(C)sc1NC(=O)c1c(C)c2ccccc2n1CC. The van der Waals surface area contributed by atoms with E-state index in [1.54, 1.807) is 13.0 Å². The van der Waals surface area contributed by atoms with Gasteiger partial charge in [-0.3, -0.25) is 4.79 Å². The van der Waals surface area contributed by atoms with Crippen molar-refractivity contribution in [2.75, 3.05) is 11.9 Å². The second kappa shape index (κ2) is 7.33. The molecular formula is C20H22N2O3S. The number of thiophene rings is 1. The highest BCUT2D eigenvalue weighted by Gasteiger charge is 2.23. The Kier molecular flexibility index (Phi) is 5.13. The molecule has 6 heteroatoms. The predicted octanol–water partition coefficient (Wildman–Crippen LogP) is 4.77. The lowest BCUT2D eigenvalue weighted by atomic mass is 10.1. The average Bonchev–Trinajstić information content (AvgIpc) is 3.12. The lowest BCUT2D eigenvalue weighted by Gasteiger charge is -2.10. The van der Waals surface area contributed by atoms with Crippen LogP contribution in [-0.4, -0.2) is 23.1 Å². The minimum atomic E-state index is -0.417. The Hall–Kier alpha value is -2.60. The van der Waals surface area contributed by atoms with Gasteiger partial charge in [-0.1, -0.05) is 18.2 Å². The van der Waals surface area contributed by atoms with E-state index in [2.05, 4.69) is 5.32 Å². The summed E-state index contributed by atoms with van der Waals surface area (Å²) in [6, 6.07) is 9.73. The molecule has 3 aromatic rings. The molecule has 0 aliphatic carbocycles. The minimum Gasteiger partial charge on any atom is -0.462 e. The summed E-state index contributed by atoms with van der Waals surface area (Å²) in [5.41, 5.74) is 2.99. The Labute approximate surface area is 156 Å². The molecule has 0 saturated heterocycles. The maximum Gasteiger partial charge on any atom is 0.341 e. The van der Waals surface area contributed by atoms with Crippen molar-refractivity contribution in [3.05, 3.63) is 52.0 Å². The van der Waals surface area contributed by atoms with Crippen LogP contribution >= 0.6 is 11.3 Å². The van der Waals surface area contributed by atoms with Crippen LogP contribution in [0.1, 0.15) is 45.1 Å². The van der Waals surface area contributed by atoms with Crippen LogP contribution in [0.3, 0.4) is 0 Å². The van der Waals surface area contributed by atoms with Crippen molar-refractivity contribution in [3.8, 4) is 0 Å². The zero-order valence-corrected chi connectivity index (χ0v) is 16.2. The van der Waals surface area contributed by atoms with Gasteiger partial charge in [0, 0.05) is 22.3 Å². The Morgan fingerprint density at radius 3 is 2.62 bits per heavy atom. The maximum atomic E-state index is 13.0. The summed E-state index contributed by atoms with van der Waals surface area (Å²) in [7, 11) is 0. The topological polar surface area (TPSA) is 60.3 Å². The fourth-order valence-corrected chi connectivity index (χ4v) is 4.12. The molecule has 0 aliphatic rings. The monoisotopic (exact) mass is 370 g/mol. The van der Waals surface area contributed by atoms with Gasteiger partial charge in [0.1, 0.15) is 10.7 Å². The number of para-hydroxylation sites is 1. The van der Waals surface area contributed by atoms with Gasteiger partial charge in [0.2, 0.25) is 0 Å². The number of amides is 1. The van der Waals surface area contributed by atoms with Crippen LogP contribution in [0.4, 0.5) is 5.00 Å². The van der Waals surface area contributed by atoms with Crippen molar-refractivity contribution in [2.45, 2.75) is 34.2 Å². The van der Waals surface area contributed by atoms with Crippen LogP contribution < -0.4 is 5.32 Å². The summed E-state index contributed by atoms with van der Waals surface area (Å²) < 4.78 is 7.10. The second-order valence-electron chi connectivity index (χ2n) is 6.01. The van der Waals surface area contributed by atoms with Crippen LogP contribution in [0.25, 0.3) is 10.9 Å².